The molecule has 0 aliphatic heterocycles. The number of sulfonamides is 2. The third-order valence-corrected chi connectivity index (χ3v) is 11.1. The third kappa shape index (κ3) is 3.94. The first-order valence-corrected chi connectivity index (χ1v) is 14.4. The number of hydrogen-bond acceptors (Lipinski definition) is 7. The lowest BCUT2D eigenvalue weighted by Gasteiger charge is -2.09. The molecule has 3 heterocycles. The van der Waals surface area contributed by atoms with Crippen LogP contribution >= 0.6 is 34.0 Å². The van der Waals surface area contributed by atoms with Gasteiger partial charge in [-0.2, -0.15) is 0 Å². The zero-order valence-electron chi connectivity index (χ0n) is 15.6. The van der Waals surface area contributed by atoms with E-state index in [1.54, 1.807) is 22.9 Å². The van der Waals surface area contributed by atoms with Crippen LogP contribution in [0.5, 0.6) is 0 Å². The van der Waals surface area contributed by atoms with Gasteiger partial charge in [-0.15, -0.1) is 34.0 Å². The van der Waals surface area contributed by atoms with Crippen molar-refractivity contribution in [2.45, 2.75) is 8.42 Å². The van der Waals surface area contributed by atoms with Crippen molar-refractivity contribution >= 4 is 85.6 Å². The summed E-state index contributed by atoms with van der Waals surface area (Å²) < 4.78 is 58.7. The summed E-state index contributed by atoms with van der Waals surface area (Å²) in [4.78, 5) is 0. The van der Waals surface area contributed by atoms with Gasteiger partial charge in [0.1, 0.15) is 8.42 Å². The summed E-state index contributed by atoms with van der Waals surface area (Å²) in [6.07, 6.45) is 0. The fraction of sp³-hybridized carbons (Fsp3) is 0. The van der Waals surface area contributed by atoms with Gasteiger partial charge in [-0.05, 0) is 35.0 Å². The average molecular weight is 507 g/mol. The van der Waals surface area contributed by atoms with Crippen LogP contribution in [0, 0.1) is 0 Å². The SMILES string of the molecule is O=S(=O)(Nc1cscc1NS(=O)(=O)c1cc2ccccc2s1)c1cc2ccccc2s1. The van der Waals surface area contributed by atoms with Gasteiger partial charge >= 0.3 is 0 Å². The summed E-state index contributed by atoms with van der Waals surface area (Å²) >= 11 is 3.52. The number of rotatable bonds is 6. The van der Waals surface area contributed by atoms with Crippen molar-refractivity contribution in [3.63, 3.8) is 0 Å². The summed E-state index contributed by atoms with van der Waals surface area (Å²) in [6.45, 7) is 0. The first kappa shape index (κ1) is 20.5. The van der Waals surface area contributed by atoms with E-state index in [4.69, 9.17) is 0 Å². The summed E-state index contributed by atoms with van der Waals surface area (Å²) in [5.74, 6) is 0. The van der Waals surface area contributed by atoms with E-state index < -0.39 is 20.0 Å². The molecule has 0 saturated carbocycles. The molecule has 0 aliphatic carbocycles. The normalized spacial score (nSPS) is 12.4. The second-order valence-corrected chi connectivity index (χ2v) is 13.3. The Bertz CT molecular complexity index is 1440. The average Bonchev–Trinajstić information content (AvgIpc) is 3.45. The molecule has 0 aliphatic rings. The Hall–Kier alpha value is -2.44. The van der Waals surface area contributed by atoms with Crippen molar-refractivity contribution in [3.8, 4) is 0 Å². The predicted molar refractivity (Wildman–Crippen MR) is 130 cm³/mol. The van der Waals surface area contributed by atoms with E-state index in [0.717, 1.165) is 42.8 Å². The van der Waals surface area contributed by atoms with Crippen LogP contribution in [0.25, 0.3) is 20.2 Å². The van der Waals surface area contributed by atoms with Crippen LogP contribution in [-0.2, 0) is 20.0 Å². The van der Waals surface area contributed by atoms with Gasteiger partial charge < -0.3 is 0 Å². The molecule has 2 N–H and O–H groups in total. The molecule has 0 spiro atoms. The van der Waals surface area contributed by atoms with E-state index in [0.29, 0.717) is 0 Å². The molecule has 31 heavy (non-hydrogen) atoms. The number of thiophene rings is 3. The first-order valence-electron chi connectivity index (χ1n) is 8.91. The maximum atomic E-state index is 12.9. The van der Waals surface area contributed by atoms with Gasteiger partial charge in [-0.1, -0.05) is 36.4 Å². The Morgan fingerprint density at radius 2 is 1.03 bits per heavy atom. The molecule has 158 valence electrons. The lowest BCUT2D eigenvalue weighted by atomic mass is 10.3. The zero-order valence-corrected chi connectivity index (χ0v) is 19.7. The number of benzene rings is 2. The van der Waals surface area contributed by atoms with Crippen LogP contribution in [0.3, 0.4) is 0 Å². The fourth-order valence-corrected chi connectivity index (χ4v) is 8.82. The molecule has 0 fully saturated rings. The van der Waals surface area contributed by atoms with Crippen molar-refractivity contribution in [3.05, 3.63) is 71.4 Å². The van der Waals surface area contributed by atoms with Crippen LogP contribution in [0.4, 0.5) is 11.4 Å². The molecule has 3 aromatic heterocycles. The lowest BCUT2D eigenvalue weighted by Crippen LogP contribution is -2.15. The Morgan fingerprint density at radius 3 is 1.45 bits per heavy atom. The molecule has 2 aromatic carbocycles. The third-order valence-electron chi connectivity index (χ3n) is 4.49. The lowest BCUT2D eigenvalue weighted by molar-refractivity contribution is 0.601. The van der Waals surface area contributed by atoms with E-state index in [2.05, 4.69) is 9.44 Å². The number of anilines is 2. The van der Waals surface area contributed by atoms with E-state index in [1.807, 2.05) is 48.5 Å². The quantitative estimate of drug-likeness (QED) is 0.305. The van der Waals surface area contributed by atoms with Gasteiger partial charge in [-0.25, -0.2) is 16.8 Å². The monoisotopic (exact) mass is 506 g/mol. The molecule has 5 rings (SSSR count). The van der Waals surface area contributed by atoms with E-state index in [9.17, 15) is 16.8 Å². The van der Waals surface area contributed by atoms with Gasteiger partial charge in [0.15, 0.2) is 0 Å². The maximum absolute atomic E-state index is 12.9. The van der Waals surface area contributed by atoms with Gasteiger partial charge in [-0.3, -0.25) is 9.44 Å². The molecular weight excluding hydrogens is 493 g/mol. The summed E-state index contributed by atoms with van der Waals surface area (Å²) in [7, 11) is -7.73. The number of nitrogens with one attached hydrogen (secondary N) is 2. The van der Waals surface area contributed by atoms with Gasteiger partial charge in [0.2, 0.25) is 0 Å². The van der Waals surface area contributed by atoms with E-state index in [1.165, 1.54) is 11.3 Å². The molecule has 0 unspecified atom stereocenters. The molecule has 5 aromatic rings. The molecule has 0 atom stereocenters. The van der Waals surface area contributed by atoms with Crippen molar-refractivity contribution in [2.75, 3.05) is 9.44 Å². The van der Waals surface area contributed by atoms with Gasteiger partial charge in [0, 0.05) is 20.2 Å². The highest BCUT2D eigenvalue weighted by molar-refractivity contribution is 7.95. The standard InChI is InChI=1S/C20H14N2O4S5/c23-30(24,19-9-13-5-1-3-7-17(13)28-19)21-15-11-27-12-16(15)22-31(25,26)20-10-14-6-2-4-8-18(14)29-20/h1-12,21-22H. The molecular formula is C20H14N2O4S5. The predicted octanol–water partition coefficient (Wildman–Crippen LogP) is 5.78. The fourth-order valence-electron chi connectivity index (χ4n) is 3.03. The van der Waals surface area contributed by atoms with Crippen LogP contribution in [0.2, 0.25) is 0 Å². The van der Waals surface area contributed by atoms with Gasteiger partial charge in [0.25, 0.3) is 20.0 Å². The first-order chi connectivity index (χ1) is 14.8. The maximum Gasteiger partial charge on any atom is 0.271 e. The smallest absolute Gasteiger partial charge is 0.271 e. The van der Waals surface area contributed by atoms with Crippen LogP contribution in [0.1, 0.15) is 0 Å². The molecule has 11 heteroatoms. The molecule has 6 nitrogen and oxygen atoms in total. The summed E-state index contributed by atoms with van der Waals surface area (Å²) in [5, 5.41) is 4.80. The summed E-state index contributed by atoms with van der Waals surface area (Å²) in [6, 6.07) is 18.0. The highest BCUT2D eigenvalue weighted by Gasteiger charge is 2.23. The largest absolute Gasteiger partial charge is 0.276 e. The van der Waals surface area contributed by atoms with Crippen molar-refractivity contribution in [1.29, 1.82) is 0 Å². The Kier molecular flexibility index (Phi) is 5.02. The molecule has 0 amide bonds. The minimum absolute atomic E-state index is 0.165. The number of hydrogen-bond donors (Lipinski definition) is 2. The highest BCUT2D eigenvalue weighted by Crippen LogP contribution is 2.35. The van der Waals surface area contributed by atoms with E-state index in [-0.39, 0.29) is 19.8 Å². The Balaban J connectivity index is 1.43. The molecule has 0 saturated heterocycles. The van der Waals surface area contributed by atoms with Crippen molar-refractivity contribution in [2.24, 2.45) is 0 Å². The second kappa shape index (κ2) is 7.61. The van der Waals surface area contributed by atoms with Gasteiger partial charge in [0.05, 0.1) is 11.4 Å². The van der Waals surface area contributed by atoms with Crippen molar-refractivity contribution < 1.29 is 16.8 Å². The minimum atomic E-state index is -3.87. The van der Waals surface area contributed by atoms with Crippen molar-refractivity contribution in [1.82, 2.24) is 0 Å². The molecule has 0 radical (unpaired) electrons. The summed E-state index contributed by atoms with van der Waals surface area (Å²) in [5.41, 5.74) is 0.374. The van der Waals surface area contributed by atoms with Crippen LogP contribution < -0.4 is 9.44 Å². The minimum Gasteiger partial charge on any atom is -0.276 e. The highest BCUT2D eigenvalue weighted by atomic mass is 32.3. The number of fused-ring (bicyclic) bond motifs is 2. The van der Waals surface area contributed by atoms with Crippen LogP contribution in [0.15, 0.2) is 79.8 Å². The topological polar surface area (TPSA) is 92.3 Å². The Morgan fingerprint density at radius 1 is 0.613 bits per heavy atom. The van der Waals surface area contributed by atoms with Crippen LogP contribution in [-0.4, -0.2) is 16.8 Å². The Labute approximate surface area is 190 Å². The second-order valence-electron chi connectivity index (χ2n) is 6.62. The molecule has 0 bridgehead atoms. The zero-order chi connectivity index (χ0) is 21.6. The van der Waals surface area contributed by atoms with E-state index >= 15 is 0 Å².